The van der Waals surface area contributed by atoms with Crippen molar-refractivity contribution in [3.8, 4) is 0 Å². The molecular weight excluding hydrogens is 1140 g/mol. The van der Waals surface area contributed by atoms with E-state index >= 15 is 0 Å². The third-order valence-corrected chi connectivity index (χ3v) is 19.3. The van der Waals surface area contributed by atoms with Crippen molar-refractivity contribution in [2.24, 2.45) is 53.3 Å². The van der Waals surface area contributed by atoms with E-state index in [1.165, 1.54) is 20.8 Å². The Morgan fingerprint density at radius 3 is 1.36 bits per heavy atom. The minimum absolute atomic E-state index is 0.00284. The summed E-state index contributed by atoms with van der Waals surface area (Å²) < 4.78 is 89.9. The van der Waals surface area contributed by atoms with Gasteiger partial charge in [0.25, 0.3) is 10.1 Å². The van der Waals surface area contributed by atoms with E-state index in [0.29, 0.717) is 49.4 Å². The van der Waals surface area contributed by atoms with Gasteiger partial charge in [0, 0.05) is 69.8 Å². The van der Waals surface area contributed by atoms with E-state index in [0.717, 1.165) is 25.7 Å². The maximum atomic E-state index is 11.8. The third kappa shape index (κ3) is 12.7. The first-order chi connectivity index (χ1) is 40.0. The number of carbonyl (C=O) groups excluding carboxylic acids is 11. The fourth-order valence-electron chi connectivity index (χ4n) is 13.7. The zero-order valence-electron chi connectivity index (χ0n) is 47.5. The maximum Gasteiger partial charge on any atom is 0.347 e. The molecule has 0 amide bonds. The van der Waals surface area contributed by atoms with Crippen LogP contribution in [0.15, 0.2) is 60.8 Å². The fourth-order valence-corrected chi connectivity index (χ4v) is 15.6. The summed E-state index contributed by atoms with van der Waals surface area (Å²) in [6.45, 7) is 24.4. The van der Waals surface area contributed by atoms with Gasteiger partial charge < -0.3 is 56.8 Å². The number of cyclic esters (lactones) is 1. The number of rotatable bonds is 14. The smallest absolute Gasteiger partial charge is 0.347 e. The molecule has 7 saturated heterocycles. The van der Waals surface area contributed by atoms with Crippen molar-refractivity contribution in [3.05, 3.63) is 60.8 Å². The largest absolute Gasteiger partial charge is 0.463 e. The van der Waals surface area contributed by atoms with Gasteiger partial charge in [-0.25, -0.2) is 38.4 Å². The van der Waals surface area contributed by atoms with Gasteiger partial charge in [-0.15, -0.1) is 0 Å². The van der Waals surface area contributed by atoms with Crippen LogP contribution in [-0.2, 0) is 124 Å². The highest BCUT2D eigenvalue weighted by Gasteiger charge is 2.67. The first kappa shape index (κ1) is 62.3. The van der Waals surface area contributed by atoms with Crippen molar-refractivity contribution in [1.29, 1.82) is 0 Å². The van der Waals surface area contributed by atoms with Crippen LogP contribution in [0.4, 0.5) is 0 Å². The van der Waals surface area contributed by atoms with Crippen LogP contribution in [0, 0.1) is 53.3 Å². The Hall–Kier alpha value is -7.26. The quantitative estimate of drug-likeness (QED) is 0.104. The summed E-state index contributed by atoms with van der Waals surface area (Å²) in [5, 5.41) is -0.455. The number of fused-ring (bicyclic) bond motifs is 4. The van der Waals surface area contributed by atoms with Crippen LogP contribution in [0.3, 0.4) is 0 Å². The molecule has 13 aliphatic rings. The molecule has 462 valence electrons. The molecule has 0 aromatic rings. The summed E-state index contributed by atoms with van der Waals surface area (Å²) in [7, 11) is -3.53. The average Bonchev–Trinajstić information content (AvgIpc) is 1.70. The predicted molar refractivity (Wildman–Crippen MR) is 281 cm³/mol. The summed E-state index contributed by atoms with van der Waals surface area (Å²) in [5.74, 6) is -4.20. The summed E-state index contributed by atoms with van der Waals surface area (Å²) in [4.78, 5) is 125. The van der Waals surface area contributed by atoms with E-state index < -0.39 is 107 Å². The van der Waals surface area contributed by atoms with E-state index in [9.17, 15) is 61.2 Å². The highest BCUT2D eigenvalue weighted by molar-refractivity contribution is 7.87. The Morgan fingerprint density at radius 2 is 0.882 bits per heavy atom. The standard InChI is InChI=1S/C14H16O6.C13H16O7S.C12H14O4.C11H12O5.C8H10O4/c1-6(2)13(16)18-5-10(15)19-11-7-3-8-9(4-7)14(17)20-12(8)11;1-6(2)13(15)18-5-10(14)19-11-7-3-8-9(4-7)21(16,17)20-12(8)11;1-5(2)11(13)15-9-6-3-7-8(4-6)12(14)16-10(7)9;1-4(2)10(12)15-8-6-3-5-7(14-6)9(8)16-11(5)13;1-5(2)7(9)12-6-3-4-11-8(6)10/h7-9,11-12H,1,3-5H2,2H3;7-9,11-12H,1,3-5H2,2H3;6-10H,1,3-4H2,2H3;5-9H,1,3H2,2H3;6H,1,3-4H2,2H3. The summed E-state index contributed by atoms with van der Waals surface area (Å²) in [6, 6.07) is 0. The van der Waals surface area contributed by atoms with Gasteiger partial charge in [0.1, 0.15) is 42.7 Å². The van der Waals surface area contributed by atoms with Crippen molar-refractivity contribution in [3.63, 3.8) is 0 Å². The average molecular weight is 1210 g/mol. The lowest BCUT2D eigenvalue weighted by molar-refractivity contribution is -0.168. The van der Waals surface area contributed by atoms with E-state index in [4.69, 9.17) is 56.3 Å². The molecule has 21 atom stereocenters. The van der Waals surface area contributed by atoms with Crippen LogP contribution in [0.2, 0.25) is 0 Å². The molecule has 6 saturated carbocycles. The maximum absolute atomic E-state index is 11.8. The van der Waals surface area contributed by atoms with Crippen molar-refractivity contribution in [2.45, 2.75) is 158 Å². The van der Waals surface area contributed by atoms with E-state index in [-0.39, 0.29) is 118 Å². The van der Waals surface area contributed by atoms with Gasteiger partial charge in [0.05, 0.1) is 35.7 Å². The molecular formula is C58H68O26S. The summed E-state index contributed by atoms with van der Waals surface area (Å²) in [6.07, 6.45) is 1.23. The van der Waals surface area contributed by atoms with Crippen LogP contribution in [-0.4, -0.2) is 166 Å². The van der Waals surface area contributed by atoms with Gasteiger partial charge in [-0.3, -0.25) is 18.6 Å². The minimum Gasteiger partial charge on any atom is -0.463 e. The number of hydrogen-bond acceptors (Lipinski definition) is 26. The van der Waals surface area contributed by atoms with Crippen LogP contribution in [0.1, 0.15) is 86.0 Å². The van der Waals surface area contributed by atoms with Crippen LogP contribution >= 0.6 is 0 Å². The fraction of sp³-hybridized carbons (Fsp3) is 0.638. The Labute approximate surface area is 488 Å². The zero-order valence-corrected chi connectivity index (χ0v) is 48.3. The monoisotopic (exact) mass is 1210 g/mol. The predicted octanol–water partition coefficient (Wildman–Crippen LogP) is 2.42. The highest BCUT2D eigenvalue weighted by atomic mass is 32.2. The Bertz CT molecular complexity index is 2940. The van der Waals surface area contributed by atoms with E-state index in [2.05, 4.69) is 37.6 Å². The molecule has 0 radical (unpaired) electrons. The normalized spacial score (nSPS) is 37.4. The lowest BCUT2D eigenvalue weighted by Crippen LogP contribution is -2.40. The van der Waals surface area contributed by atoms with E-state index in [1.807, 2.05) is 0 Å². The highest BCUT2D eigenvalue weighted by Crippen LogP contribution is 2.58. The van der Waals surface area contributed by atoms with Gasteiger partial charge >= 0.3 is 65.7 Å². The van der Waals surface area contributed by atoms with Gasteiger partial charge in [-0.05, 0) is 79.6 Å². The number of ether oxygens (including phenoxy) is 12. The number of carbonyl (C=O) groups is 11. The molecule has 0 aromatic carbocycles. The second-order valence-corrected chi connectivity index (χ2v) is 25.5. The molecule has 6 aliphatic carbocycles. The molecule has 13 rings (SSSR count). The number of hydrogen-bond donors (Lipinski definition) is 0. The van der Waals surface area contributed by atoms with Gasteiger partial charge in [0.2, 0.25) is 6.10 Å². The summed E-state index contributed by atoms with van der Waals surface area (Å²) >= 11 is 0. The van der Waals surface area contributed by atoms with Crippen molar-refractivity contribution < 1.29 is 122 Å². The molecule has 7 heterocycles. The first-order valence-corrected chi connectivity index (χ1v) is 29.5. The molecule has 0 N–H and O–H groups in total. The molecule has 21 unspecified atom stereocenters. The number of esters is 11. The van der Waals surface area contributed by atoms with Crippen LogP contribution < -0.4 is 0 Å². The molecule has 0 aromatic heterocycles. The Morgan fingerprint density at radius 1 is 0.459 bits per heavy atom. The van der Waals surface area contributed by atoms with E-state index in [1.54, 1.807) is 13.8 Å². The van der Waals surface area contributed by atoms with Crippen molar-refractivity contribution in [1.82, 2.24) is 0 Å². The molecule has 26 nitrogen and oxygen atoms in total. The summed E-state index contributed by atoms with van der Waals surface area (Å²) in [5.41, 5.74) is 1.43. The van der Waals surface area contributed by atoms with Crippen LogP contribution in [0.25, 0.3) is 0 Å². The topological polar surface area (TPSA) is 342 Å². The second-order valence-electron chi connectivity index (χ2n) is 23.7. The SMILES string of the molecule is C=C(C)C(=O)OC1C2CC3C(=O)OC1C3C2.C=C(C)C(=O)OC1C2CC3C(=O)OC1C3O2.C=C(C)C(=O)OC1CCOC1=O.C=C(C)C(=O)OCC(=O)OC1C2CC3C(=O)OC1C3C2.C=C(C)C(=O)OCC(=O)OC1C2CC3C1OS(=O)(=O)C3C2. The zero-order chi connectivity index (χ0) is 61.8. The second kappa shape index (κ2) is 24.6. The molecule has 13 fully saturated rings. The van der Waals surface area contributed by atoms with Gasteiger partial charge in [-0.2, -0.15) is 8.42 Å². The lowest BCUT2D eigenvalue weighted by Gasteiger charge is -2.25. The Kier molecular flexibility index (Phi) is 18.0. The van der Waals surface area contributed by atoms with Gasteiger partial charge in [-0.1, -0.05) is 32.9 Å². The molecule has 0 spiro atoms. The van der Waals surface area contributed by atoms with Crippen molar-refractivity contribution >= 4 is 75.8 Å². The lowest BCUT2D eigenvalue weighted by atomic mass is 9.88. The van der Waals surface area contributed by atoms with Gasteiger partial charge in [0.15, 0.2) is 25.4 Å². The Balaban J connectivity index is 0.000000129. The molecule has 85 heavy (non-hydrogen) atoms. The molecule has 27 heteroatoms. The molecule has 7 aliphatic heterocycles. The minimum atomic E-state index is -3.53. The first-order valence-electron chi connectivity index (χ1n) is 28.0. The van der Waals surface area contributed by atoms with Crippen molar-refractivity contribution in [2.75, 3.05) is 19.8 Å². The van der Waals surface area contributed by atoms with Crippen LogP contribution in [0.5, 0.6) is 0 Å². The molecule has 8 bridgehead atoms. The third-order valence-electron chi connectivity index (χ3n) is 17.6.